The van der Waals surface area contributed by atoms with E-state index in [1.165, 1.54) is 9.13 Å². The second-order valence-electron chi connectivity index (χ2n) is 8.68. The Kier molecular flexibility index (Phi) is 5.85. The van der Waals surface area contributed by atoms with E-state index in [1.54, 1.807) is 11.7 Å². The van der Waals surface area contributed by atoms with E-state index < -0.39 is 0 Å². The van der Waals surface area contributed by atoms with Crippen molar-refractivity contribution in [2.45, 2.75) is 40.8 Å². The molecule has 1 aliphatic heterocycles. The highest BCUT2D eigenvalue weighted by Gasteiger charge is 2.23. The molecule has 3 aromatic rings. The van der Waals surface area contributed by atoms with Gasteiger partial charge in [-0.05, 0) is 25.8 Å². The first-order chi connectivity index (χ1) is 14.8. The highest BCUT2D eigenvalue weighted by molar-refractivity contribution is 5.72. The third kappa shape index (κ3) is 3.97. The molecule has 1 aliphatic rings. The number of hydrogen-bond acceptors (Lipinski definition) is 6. The van der Waals surface area contributed by atoms with Crippen LogP contribution in [-0.2, 0) is 24.9 Å². The summed E-state index contributed by atoms with van der Waals surface area (Å²) in [5.41, 5.74) is 1.99. The van der Waals surface area contributed by atoms with Crippen molar-refractivity contribution in [3.63, 3.8) is 0 Å². The van der Waals surface area contributed by atoms with Crippen LogP contribution in [0.1, 0.15) is 25.2 Å². The van der Waals surface area contributed by atoms with Crippen LogP contribution >= 0.6 is 0 Å². The van der Waals surface area contributed by atoms with Gasteiger partial charge in [-0.15, -0.1) is 0 Å². The monoisotopic (exact) mass is 429 g/mol. The number of aryl methyl sites for hydroxylation is 3. The number of hydrogen-bond donors (Lipinski definition) is 0. The van der Waals surface area contributed by atoms with Crippen molar-refractivity contribution in [1.29, 1.82) is 0 Å². The molecule has 4 rings (SSSR count). The van der Waals surface area contributed by atoms with Crippen molar-refractivity contribution < 1.29 is 4.74 Å². The van der Waals surface area contributed by atoms with E-state index in [2.05, 4.69) is 23.8 Å². The van der Waals surface area contributed by atoms with Gasteiger partial charge >= 0.3 is 5.69 Å². The highest BCUT2D eigenvalue weighted by atomic mass is 16.5. The Bertz CT molecular complexity index is 1210. The highest BCUT2D eigenvalue weighted by Crippen LogP contribution is 2.19. The number of ether oxygens (including phenoxy) is 1. The van der Waals surface area contributed by atoms with Crippen LogP contribution in [0.2, 0.25) is 0 Å². The Balaban J connectivity index is 1.87. The molecular formula is C21H31N7O3. The van der Waals surface area contributed by atoms with Gasteiger partial charge in [0, 0.05) is 45.5 Å². The van der Waals surface area contributed by atoms with Crippen molar-refractivity contribution in [1.82, 2.24) is 33.4 Å². The summed E-state index contributed by atoms with van der Waals surface area (Å²) in [5, 5.41) is 4.56. The van der Waals surface area contributed by atoms with Gasteiger partial charge in [-0.3, -0.25) is 18.8 Å². The number of aromatic nitrogens is 6. The average Bonchev–Trinajstić information content (AvgIpc) is 3.26. The maximum absolute atomic E-state index is 13.5. The quantitative estimate of drug-likeness (QED) is 0.572. The molecule has 1 fully saturated rings. The first kappa shape index (κ1) is 21.5. The molecule has 0 spiro atoms. The topological polar surface area (TPSA) is 92.1 Å². The van der Waals surface area contributed by atoms with E-state index in [-0.39, 0.29) is 17.2 Å². The van der Waals surface area contributed by atoms with Crippen LogP contribution in [0.3, 0.4) is 0 Å². The minimum Gasteiger partial charge on any atom is -0.379 e. The van der Waals surface area contributed by atoms with Crippen LogP contribution in [0.5, 0.6) is 0 Å². The minimum atomic E-state index is -0.347. The largest absolute Gasteiger partial charge is 0.379 e. The summed E-state index contributed by atoms with van der Waals surface area (Å²) in [7, 11) is 1.67. The summed E-state index contributed by atoms with van der Waals surface area (Å²) >= 11 is 0. The zero-order chi connectivity index (χ0) is 22.3. The number of rotatable bonds is 6. The lowest BCUT2D eigenvalue weighted by Crippen LogP contribution is -2.44. The van der Waals surface area contributed by atoms with E-state index in [0.717, 1.165) is 24.5 Å². The van der Waals surface area contributed by atoms with Crippen LogP contribution < -0.4 is 11.2 Å². The predicted molar refractivity (Wildman–Crippen MR) is 118 cm³/mol. The summed E-state index contributed by atoms with van der Waals surface area (Å²) in [6.45, 7) is 12.6. The normalized spacial score (nSPS) is 15.4. The molecule has 0 N–H and O–H groups in total. The van der Waals surface area contributed by atoms with E-state index in [0.29, 0.717) is 50.0 Å². The molecule has 0 radical (unpaired) electrons. The smallest absolute Gasteiger partial charge is 0.332 e. The molecule has 31 heavy (non-hydrogen) atoms. The third-order valence-electron chi connectivity index (χ3n) is 5.70. The average molecular weight is 430 g/mol. The SMILES string of the molecule is Cc1cc(C)n(-c2nc3c(c(=O)n(CCN4CCOCC4)c(=O)n3C)n2CC(C)C)n1. The van der Waals surface area contributed by atoms with Gasteiger partial charge in [0.15, 0.2) is 11.2 Å². The minimum absolute atomic E-state index is 0.284. The first-order valence-corrected chi connectivity index (χ1v) is 10.8. The van der Waals surface area contributed by atoms with Gasteiger partial charge < -0.3 is 9.30 Å². The predicted octanol–water partition coefficient (Wildman–Crippen LogP) is 0.687. The molecule has 1 saturated heterocycles. The van der Waals surface area contributed by atoms with Gasteiger partial charge in [-0.2, -0.15) is 10.1 Å². The van der Waals surface area contributed by atoms with Gasteiger partial charge in [0.2, 0.25) is 5.95 Å². The Labute approximate surface area is 180 Å². The van der Waals surface area contributed by atoms with Crippen molar-refractivity contribution in [2.24, 2.45) is 13.0 Å². The molecule has 168 valence electrons. The number of fused-ring (bicyclic) bond motifs is 1. The fraction of sp³-hybridized carbons (Fsp3) is 0.619. The molecule has 0 saturated carbocycles. The van der Waals surface area contributed by atoms with Gasteiger partial charge in [-0.25, -0.2) is 9.48 Å². The maximum Gasteiger partial charge on any atom is 0.332 e. The zero-order valence-electron chi connectivity index (χ0n) is 19.0. The molecule has 10 heteroatoms. The van der Waals surface area contributed by atoms with E-state index in [9.17, 15) is 9.59 Å². The van der Waals surface area contributed by atoms with Gasteiger partial charge in [0.1, 0.15) is 0 Å². The summed E-state index contributed by atoms with van der Waals surface area (Å²) in [6, 6.07) is 1.97. The van der Waals surface area contributed by atoms with Gasteiger partial charge in [0.25, 0.3) is 5.56 Å². The lowest BCUT2D eigenvalue weighted by Gasteiger charge is -2.26. The molecule has 0 amide bonds. The summed E-state index contributed by atoms with van der Waals surface area (Å²) in [4.78, 5) is 33.5. The van der Waals surface area contributed by atoms with Crippen molar-refractivity contribution in [3.05, 3.63) is 38.3 Å². The van der Waals surface area contributed by atoms with Crippen LogP contribution in [0.15, 0.2) is 15.7 Å². The fourth-order valence-corrected chi connectivity index (χ4v) is 4.15. The molecule has 0 unspecified atom stereocenters. The third-order valence-corrected chi connectivity index (χ3v) is 5.70. The lowest BCUT2D eigenvalue weighted by atomic mass is 10.2. The summed E-state index contributed by atoms with van der Waals surface area (Å²) in [6.07, 6.45) is 0. The summed E-state index contributed by atoms with van der Waals surface area (Å²) in [5.74, 6) is 0.846. The van der Waals surface area contributed by atoms with Crippen molar-refractivity contribution in [2.75, 3.05) is 32.8 Å². The Morgan fingerprint density at radius 1 is 1.10 bits per heavy atom. The Morgan fingerprint density at radius 2 is 1.81 bits per heavy atom. The van der Waals surface area contributed by atoms with Crippen LogP contribution in [0.25, 0.3) is 17.1 Å². The van der Waals surface area contributed by atoms with Gasteiger partial charge in [-0.1, -0.05) is 13.8 Å². The van der Waals surface area contributed by atoms with Crippen LogP contribution in [0, 0.1) is 19.8 Å². The summed E-state index contributed by atoms with van der Waals surface area (Å²) < 4.78 is 11.9. The Morgan fingerprint density at radius 3 is 2.42 bits per heavy atom. The second kappa shape index (κ2) is 8.43. The van der Waals surface area contributed by atoms with E-state index in [4.69, 9.17) is 9.72 Å². The molecule has 4 heterocycles. The zero-order valence-corrected chi connectivity index (χ0v) is 19.0. The standard InChI is InChI=1S/C21H31N7O3/c1-14(2)13-27-17-18(22-20(27)28-16(4)12-15(3)23-28)24(5)21(30)26(19(17)29)7-6-25-8-10-31-11-9-25/h12,14H,6-11,13H2,1-5H3. The fourth-order valence-electron chi connectivity index (χ4n) is 4.15. The number of imidazole rings is 1. The molecule has 3 aromatic heterocycles. The van der Waals surface area contributed by atoms with Crippen molar-refractivity contribution in [3.8, 4) is 5.95 Å². The maximum atomic E-state index is 13.5. The molecule has 0 bridgehead atoms. The van der Waals surface area contributed by atoms with E-state index >= 15 is 0 Å². The molecule has 10 nitrogen and oxygen atoms in total. The van der Waals surface area contributed by atoms with Crippen LogP contribution in [-0.4, -0.2) is 66.2 Å². The lowest BCUT2D eigenvalue weighted by molar-refractivity contribution is 0.0361. The molecular weight excluding hydrogens is 398 g/mol. The van der Waals surface area contributed by atoms with Gasteiger partial charge in [0.05, 0.1) is 18.9 Å². The van der Waals surface area contributed by atoms with Crippen LogP contribution in [0.4, 0.5) is 0 Å². The second-order valence-corrected chi connectivity index (χ2v) is 8.68. The van der Waals surface area contributed by atoms with Crippen molar-refractivity contribution >= 4 is 11.2 Å². The molecule has 0 aromatic carbocycles. The number of nitrogens with zero attached hydrogens (tertiary/aromatic N) is 7. The Hall–Kier alpha value is -2.72. The molecule has 0 aliphatic carbocycles. The van der Waals surface area contributed by atoms with E-state index in [1.807, 2.05) is 24.5 Å². The first-order valence-electron chi connectivity index (χ1n) is 10.8. The molecule has 0 atom stereocenters. The number of morpholine rings is 1.